The number of hydrogen-bond donors (Lipinski definition) is 1. The van der Waals surface area contributed by atoms with Crippen LogP contribution in [0.4, 0.5) is 11.4 Å². The average Bonchev–Trinajstić information content (AvgIpc) is 2.73. The van der Waals surface area contributed by atoms with Gasteiger partial charge in [0.25, 0.3) is 0 Å². The molecule has 32 heavy (non-hydrogen) atoms. The van der Waals surface area contributed by atoms with Gasteiger partial charge in [-0.05, 0) is 74.4 Å². The predicted octanol–water partition coefficient (Wildman–Crippen LogP) is 4.18. The van der Waals surface area contributed by atoms with E-state index in [-0.39, 0.29) is 18.5 Å². The van der Waals surface area contributed by atoms with Crippen molar-refractivity contribution in [2.45, 2.75) is 46.6 Å². The third-order valence-corrected chi connectivity index (χ3v) is 7.24. The van der Waals surface area contributed by atoms with Gasteiger partial charge in [0.15, 0.2) is 0 Å². The Bertz CT molecular complexity index is 1050. The minimum absolute atomic E-state index is 0.225. The van der Waals surface area contributed by atoms with Crippen molar-refractivity contribution >= 4 is 27.3 Å². The van der Waals surface area contributed by atoms with E-state index in [4.69, 9.17) is 0 Å². The number of benzene rings is 2. The van der Waals surface area contributed by atoms with Crippen LogP contribution in [0.2, 0.25) is 0 Å². The molecule has 3 rings (SSSR count). The summed E-state index contributed by atoms with van der Waals surface area (Å²) in [5.74, 6) is 0.370. The number of carbonyl (C=O) groups excluding carboxylic acids is 1. The van der Waals surface area contributed by atoms with Crippen molar-refractivity contribution in [1.82, 2.24) is 5.32 Å². The second-order valence-corrected chi connectivity index (χ2v) is 11.0. The maximum Gasteiger partial charge on any atom is 0.241 e. The van der Waals surface area contributed by atoms with E-state index in [9.17, 15) is 13.2 Å². The van der Waals surface area contributed by atoms with Crippen LogP contribution in [-0.2, 0) is 14.8 Å². The van der Waals surface area contributed by atoms with Gasteiger partial charge in [-0.3, -0.25) is 9.10 Å². The molecule has 0 saturated carbocycles. The van der Waals surface area contributed by atoms with Crippen molar-refractivity contribution in [2.24, 2.45) is 5.92 Å². The lowest BCUT2D eigenvalue weighted by molar-refractivity contribution is -0.120. The maximum atomic E-state index is 12.8. The SMILES string of the molecule is Cc1ccc(C)c(N(CC(=O)NC(C)c2ccc(N3CCCC(C)C3)cc2)S(C)(=O)=O)c1. The lowest BCUT2D eigenvalue weighted by Gasteiger charge is -2.33. The summed E-state index contributed by atoms with van der Waals surface area (Å²) in [4.78, 5) is 15.2. The Morgan fingerprint density at radius 3 is 2.50 bits per heavy atom. The quantitative estimate of drug-likeness (QED) is 0.677. The summed E-state index contributed by atoms with van der Waals surface area (Å²) in [7, 11) is -3.61. The van der Waals surface area contributed by atoms with Gasteiger partial charge in [-0.1, -0.05) is 31.2 Å². The molecule has 0 aliphatic carbocycles. The fraction of sp³-hybridized carbons (Fsp3) is 0.480. The zero-order valence-electron chi connectivity index (χ0n) is 19.8. The Morgan fingerprint density at radius 2 is 1.88 bits per heavy atom. The van der Waals surface area contributed by atoms with E-state index in [1.807, 2.05) is 45.0 Å². The number of amides is 1. The molecule has 0 bridgehead atoms. The number of anilines is 2. The molecule has 7 heteroatoms. The van der Waals surface area contributed by atoms with Crippen LogP contribution in [-0.4, -0.2) is 40.2 Å². The van der Waals surface area contributed by atoms with Crippen LogP contribution in [0.25, 0.3) is 0 Å². The highest BCUT2D eigenvalue weighted by Crippen LogP contribution is 2.26. The van der Waals surface area contributed by atoms with Gasteiger partial charge in [-0.15, -0.1) is 0 Å². The third kappa shape index (κ3) is 6.03. The molecule has 2 unspecified atom stereocenters. The minimum atomic E-state index is -3.61. The maximum absolute atomic E-state index is 12.8. The van der Waals surface area contributed by atoms with Gasteiger partial charge >= 0.3 is 0 Å². The second kappa shape index (κ2) is 9.94. The van der Waals surface area contributed by atoms with Crippen LogP contribution < -0.4 is 14.5 Å². The lowest BCUT2D eigenvalue weighted by atomic mass is 9.99. The van der Waals surface area contributed by atoms with E-state index in [0.29, 0.717) is 11.6 Å². The highest BCUT2D eigenvalue weighted by atomic mass is 32.2. The second-order valence-electron chi connectivity index (χ2n) is 9.13. The van der Waals surface area contributed by atoms with Crippen LogP contribution in [0.1, 0.15) is 49.4 Å². The molecular weight excluding hydrogens is 422 g/mol. The van der Waals surface area contributed by atoms with Gasteiger partial charge in [0.1, 0.15) is 6.54 Å². The van der Waals surface area contributed by atoms with Gasteiger partial charge in [-0.25, -0.2) is 8.42 Å². The number of carbonyl (C=O) groups is 1. The Balaban J connectivity index is 1.68. The smallest absolute Gasteiger partial charge is 0.241 e. The molecule has 1 aliphatic heterocycles. The predicted molar refractivity (Wildman–Crippen MR) is 132 cm³/mol. The molecule has 1 amide bonds. The Kier molecular flexibility index (Phi) is 7.49. The molecule has 0 aromatic heterocycles. The van der Waals surface area contributed by atoms with E-state index in [1.165, 1.54) is 22.8 Å². The molecule has 2 atom stereocenters. The number of piperidine rings is 1. The van der Waals surface area contributed by atoms with Gasteiger partial charge in [0.05, 0.1) is 18.0 Å². The van der Waals surface area contributed by atoms with Crippen molar-refractivity contribution in [2.75, 3.05) is 35.1 Å². The molecule has 174 valence electrons. The van der Waals surface area contributed by atoms with Crippen LogP contribution in [0.5, 0.6) is 0 Å². The number of rotatable bonds is 7. The largest absolute Gasteiger partial charge is 0.371 e. The first-order valence-corrected chi connectivity index (χ1v) is 13.1. The molecule has 1 aliphatic rings. The summed E-state index contributed by atoms with van der Waals surface area (Å²) in [6.07, 6.45) is 3.63. The van der Waals surface area contributed by atoms with Crippen molar-refractivity contribution in [3.05, 3.63) is 59.2 Å². The van der Waals surface area contributed by atoms with Crippen LogP contribution in [0.15, 0.2) is 42.5 Å². The van der Waals surface area contributed by atoms with Gasteiger partial charge < -0.3 is 10.2 Å². The van der Waals surface area contributed by atoms with Crippen LogP contribution >= 0.6 is 0 Å². The first kappa shape index (κ1) is 24.1. The average molecular weight is 458 g/mol. The number of nitrogens with zero attached hydrogens (tertiary/aromatic N) is 2. The first-order valence-electron chi connectivity index (χ1n) is 11.2. The van der Waals surface area contributed by atoms with Crippen LogP contribution in [0, 0.1) is 19.8 Å². The summed E-state index contributed by atoms with van der Waals surface area (Å²) in [5.41, 5.74) is 4.48. The van der Waals surface area contributed by atoms with Crippen molar-refractivity contribution in [3.63, 3.8) is 0 Å². The van der Waals surface area contributed by atoms with E-state index in [0.717, 1.165) is 36.0 Å². The summed E-state index contributed by atoms with van der Waals surface area (Å²) in [6, 6.07) is 13.7. The summed E-state index contributed by atoms with van der Waals surface area (Å²) >= 11 is 0. The molecule has 1 N–H and O–H groups in total. The molecule has 6 nitrogen and oxygen atoms in total. The number of sulfonamides is 1. The molecule has 2 aromatic carbocycles. The van der Waals surface area contributed by atoms with Crippen molar-refractivity contribution in [3.8, 4) is 0 Å². The van der Waals surface area contributed by atoms with Crippen molar-refractivity contribution < 1.29 is 13.2 Å². The lowest BCUT2D eigenvalue weighted by Crippen LogP contribution is -2.41. The molecule has 0 spiro atoms. The summed E-state index contributed by atoms with van der Waals surface area (Å²) < 4.78 is 26.1. The first-order chi connectivity index (χ1) is 15.0. The van der Waals surface area contributed by atoms with Gasteiger partial charge in [-0.2, -0.15) is 0 Å². The number of nitrogens with one attached hydrogen (secondary N) is 1. The highest BCUT2D eigenvalue weighted by molar-refractivity contribution is 7.92. The molecule has 2 aromatic rings. The summed E-state index contributed by atoms with van der Waals surface area (Å²) in [6.45, 7) is 9.85. The molecular formula is C25H35N3O3S. The topological polar surface area (TPSA) is 69.7 Å². The van der Waals surface area contributed by atoms with Crippen LogP contribution in [0.3, 0.4) is 0 Å². The van der Waals surface area contributed by atoms with Crippen molar-refractivity contribution in [1.29, 1.82) is 0 Å². The number of hydrogen-bond acceptors (Lipinski definition) is 4. The fourth-order valence-electron chi connectivity index (χ4n) is 4.27. The van der Waals surface area contributed by atoms with E-state index >= 15 is 0 Å². The zero-order valence-corrected chi connectivity index (χ0v) is 20.6. The van der Waals surface area contributed by atoms with E-state index in [2.05, 4.69) is 29.3 Å². The Morgan fingerprint density at radius 1 is 1.19 bits per heavy atom. The standard InChI is InChI=1S/C25H35N3O3S/c1-18-8-9-20(3)24(15-18)28(32(5,30)31)17-25(29)26-21(4)22-10-12-23(13-11-22)27-14-6-7-19(2)16-27/h8-13,15,19,21H,6-7,14,16-17H2,1-5H3,(H,26,29). The zero-order chi connectivity index (χ0) is 23.5. The summed E-state index contributed by atoms with van der Waals surface area (Å²) in [5, 5.41) is 2.95. The van der Waals surface area contributed by atoms with E-state index in [1.54, 1.807) is 6.07 Å². The Hall–Kier alpha value is -2.54. The third-order valence-electron chi connectivity index (χ3n) is 6.11. The normalized spacial score (nSPS) is 17.7. The fourth-order valence-corrected chi connectivity index (χ4v) is 5.17. The highest BCUT2D eigenvalue weighted by Gasteiger charge is 2.23. The molecule has 0 radical (unpaired) electrons. The number of aryl methyl sites for hydroxylation is 2. The molecule has 1 heterocycles. The Labute approximate surface area is 192 Å². The van der Waals surface area contributed by atoms with Gasteiger partial charge in [0, 0.05) is 18.8 Å². The van der Waals surface area contributed by atoms with Gasteiger partial charge in [0.2, 0.25) is 15.9 Å². The monoisotopic (exact) mass is 457 g/mol. The molecule has 1 saturated heterocycles. The van der Waals surface area contributed by atoms with E-state index < -0.39 is 10.0 Å². The molecule has 1 fully saturated rings. The minimum Gasteiger partial charge on any atom is -0.371 e.